The van der Waals surface area contributed by atoms with E-state index in [1.165, 1.54) is 0 Å². The minimum Gasteiger partial charge on any atom is -0.317 e. The van der Waals surface area contributed by atoms with Gasteiger partial charge in [0.15, 0.2) is 5.82 Å². The number of hydrogen-bond acceptors (Lipinski definition) is 4. The highest BCUT2D eigenvalue weighted by Crippen LogP contribution is 2.49. The van der Waals surface area contributed by atoms with E-state index in [2.05, 4.69) is 175 Å². The lowest BCUT2D eigenvalue weighted by Gasteiger charge is -2.43. The minimum atomic E-state index is -0.471. The Labute approximate surface area is 383 Å². The highest BCUT2D eigenvalue weighted by molar-refractivity contribution is 6.01. The molecule has 4 aromatic carbocycles. The highest BCUT2D eigenvalue weighted by Gasteiger charge is 2.38. The summed E-state index contributed by atoms with van der Waals surface area (Å²) >= 11 is 0. The maximum atomic E-state index is 4.67. The molecule has 7 aromatic rings. The van der Waals surface area contributed by atoms with Crippen LogP contribution in [0.2, 0.25) is 0 Å². The number of rotatable bonds is 14. The zero-order chi connectivity index (χ0) is 45.5. The van der Waals surface area contributed by atoms with Gasteiger partial charge in [-0.1, -0.05) is 163 Å². The number of nitrogens with zero attached hydrogens (tertiary/aromatic N) is 5. The van der Waals surface area contributed by atoms with Gasteiger partial charge in [-0.05, 0) is 106 Å². The zero-order valence-electron chi connectivity index (χ0n) is 37.0. The van der Waals surface area contributed by atoms with Gasteiger partial charge in [0.2, 0.25) is 0 Å². The fourth-order valence-electron chi connectivity index (χ4n) is 8.22. The average Bonchev–Trinajstić information content (AvgIpc) is 3.68. The lowest BCUT2D eigenvalue weighted by molar-refractivity contribution is 0.613. The van der Waals surface area contributed by atoms with Crippen molar-refractivity contribution in [3.05, 3.63) is 284 Å². The maximum absolute atomic E-state index is 4.67. The molecule has 8 rings (SSSR count). The van der Waals surface area contributed by atoms with E-state index < -0.39 is 5.41 Å². The highest BCUT2D eigenvalue weighted by atomic mass is 15.1. The van der Waals surface area contributed by atoms with Crippen molar-refractivity contribution in [1.29, 1.82) is 0 Å². The second-order valence-corrected chi connectivity index (χ2v) is 16.3. The van der Waals surface area contributed by atoms with Crippen molar-refractivity contribution in [3.8, 4) is 16.9 Å². The van der Waals surface area contributed by atoms with Crippen molar-refractivity contribution in [2.45, 2.75) is 19.3 Å². The molecule has 3 aromatic heterocycles. The van der Waals surface area contributed by atoms with E-state index in [-0.39, 0.29) is 0 Å². The first-order chi connectivity index (χ1) is 31.6. The summed E-state index contributed by atoms with van der Waals surface area (Å²) in [5, 5.41) is 1.12. The molecule has 0 atom stereocenters. The average molecular weight is 842 g/mol. The van der Waals surface area contributed by atoms with Gasteiger partial charge >= 0.3 is 0 Å². The second kappa shape index (κ2) is 18.9. The lowest BCUT2D eigenvalue weighted by atomic mass is 9.71. The Morgan fingerprint density at radius 3 is 2.08 bits per heavy atom. The molecule has 1 aliphatic heterocycles. The summed E-state index contributed by atoms with van der Waals surface area (Å²) < 4.78 is 2.27. The Morgan fingerprint density at radius 1 is 0.677 bits per heavy atom. The smallest absolute Gasteiger partial charge is 0.159 e. The molecular weight excluding hydrogens is 791 g/mol. The van der Waals surface area contributed by atoms with Crippen molar-refractivity contribution in [1.82, 2.24) is 19.5 Å². The van der Waals surface area contributed by atoms with Gasteiger partial charge in [0.25, 0.3) is 0 Å². The van der Waals surface area contributed by atoms with Crippen LogP contribution >= 0.6 is 0 Å². The van der Waals surface area contributed by atoms with Crippen LogP contribution in [0.25, 0.3) is 51.1 Å². The molecule has 5 nitrogen and oxygen atoms in total. The number of para-hydroxylation sites is 2. The van der Waals surface area contributed by atoms with Gasteiger partial charge < -0.3 is 9.47 Å². The van der Waals surface area contributed by atoms with Gasteiger partial charge in [-0.25, -0.2) is 9.97 Å². The molecule has 316 valence electrons. The standard InChI is InChI=1S/C60H51N5/c1-9-48(59-62-37-21-38-63-59)24-20-39-64-46(6)53(60(7,8)54-41-49(33-35-57(54)64)55-28-18-19-36-61-55)40-44(4)42(2)30-31-43(3)45(5)58-52(34-32-47-22-12-10-13-23-47)51-27-16-17-29-56(51)65(58)50-25-14-11-15-26-50/h9-41H,1-6H2,7-8H3/b31-30-,34-32+,39-20+,48-24+,53-40+. The Balaban J connectivity index is 1.13. The largest absolute Gasteiger partial charge is 0.317 e. The van der Waals surface area contributed by atoms with Crippen LogP contribution in [0.1, 0.15) is 42.1 Å². The van der Waals surface area contributed by atoms with E-state index in [1.54, 1.807) is 24.5 Å². The minimum absolute atomic E-state index is 0.471. The van der Waals surface area contributed by atoms with Crippen LogP contribution in [-0.4, -0.2) is 19.5 Å². The quantitative estimate of drug-likeness (QED) is 0.102. The molecule has 0 aliphatic carbocycles. The topological polar surface area (TPSA) is 46.8 Å². The molecule has 4 heterocycles. The molecular formula is C60H51N5. The number of hydrogen-bond donors (Lipinski definition) is 0. The summed E-state index contributed by atoms with van der Waals surface area (Å²) in [6, 6.07) is 43.4. The molecule has 0 radical (unpaired) electrons. The van der Waals surface area contributed by atoms with E-state index in [1.807, 2.05) is 79.2 Å². The van der Waals surface area contributed by atoms with Gasteiger partial charge in [0, 0.05) is 69.4 Å². The van der Waals surface area contributed by atoms with Crippen LogP contribution in [0.4, 0.5) is 5.69 Å². The Morgan fingerprint density at radius 2 is 1.35 bits per heavy atom. The Bertz CT molecular complexity index is 3140. The molecule has 5 heteroatoms. The normalized spacial score (nSPS) is 14.4. The number of fused-ring (bicyclic) bond motifs is 2. The molecule has 0 fully saturated rings. The van der Waals surface area contributed by atoms with Gasteiger partial charge in [-0.2, -0.15) is 0 Å². The van der Waals surface area contributed by atoms with Gasteiger partial charge in [0.1, 0.15) is 0 Å². The van der Waals surface area contributed by atoms with Crippen LogP contribution in [0.15, 0.2) is 256 Å². The molecule has 0 unspecified atom stereocenters. The fraction of sp³-hybridized carbons (Fsp3) is 0.0500. The zero-order valence-corrected chi connectivity index (χ0v) is 37.0. The van der Waals surface area contributed by atoms with Crippen LogP contribution in [0.3, 0.4) is 0 Å². The summed E-state index contributed by atoms with van der Waals surface area (Å²) in [6.07, 6.45) is 23.3. The lowest BCUT2D eigenvalue weighted by Crippen LogP contribution is -2.35. The third-order valence-electron chi connectivity index (χ3n) is 11.8. The predicted octanol–water partition coefficient (Wildman–Crippen LogP) is 14.9. The first kappa shape index (κ1) is 43.2. The monoisotopic (exact) mass is 841 g/mol. The van der Waals surface area contributed by atoms with Crippen molar-refractivity contribution < 1.29 is 0 Å². The number of pyridine rings is 1. The van der Waals surface area contributed by atoms with Crippen LogP contribution in [-0.2, 0) is 5.41 Å². The van der Waals surface area contributed by atoms with E-state index in [9.17, 15) is 0 Å². The van der Waals surface area contributed by atoms with Crippen LogP contribution in [0.5, 0.6) is 0 Å². The summed E-state index contributed by atoms with van der Waals surface area (Å²) in [5.41, 5.74) is 14.5. The molecule has 0 amide bonds. The van der Waals surface area contributed by atoms with Gasteiger partial charge in [0.05, 0.1) is 16.9 Å². The van der Waals surface area contributed by atoms with Crippen molar-refractivity contribution in [2.75, 3.05) is 4.90 Å². The van der Waals surface area contributed by atoms with Crippen molar-refractivity contribution in [2.24, 2.45) is 0 Å². The van der Waals surface area contributed by atoms with Gasteiger partial charge in [-0.15, -0.1) is 0 Å². The first-order valence-corrected chi connectivity index (χ1v) is 21.5. The van der Waals surface area contributed by atoms with E-state index in [4.69, 9.17) is 0 Å². The van der Waals surface area contributed by atoms with Crippen molar-refractivity contribution >= 4 is 39.9 Å². The second-order valence-electron chi connectivity index (χ2n) is 16.3. The molecule has 1 aliphatic rings. The number of anilines is 1. The molecule has 0 bridgehead atoms. The molecule has 0 N–H and O–H groups in total. The van der Waals surface area contributed by atoms with E-state index in [0.717, 1.165) is 95.1 Å². The van der Waals surface area contributed by atoms with E-state index in [0.29, 0.717) is 5.82 Å². The SMILES string of the molecule is C=C/C(=C\C=C\N1C(=C)/C(=C\C(=C)C(=C)/C=C\C(=C)C(=C)c2c(/C=C/c3ccccc3)c3ccccc3n2-c2ccccc2)C(C)(C)c2cc(-c3ccccn3)ccc21)c1ncccn1. The van der Waals surface area contributed by atoms with E-state index >= 15 is 0 Å². The molecule has 0 saturated heterocycles. The number of benzene rings is 4. The van der Waals surface area contributed by atoms with Crippen molar-refractivity contribution in [3.63, 3.8) is 0 Å². The summed E-state index contributed by atoms with van der Waals surface area (Å²) in [7, 11) is 0. The number of aromatic nitrogens is 4. The third kappa shape index (κ3) is 8.95. The molecule has 0 saturated carbocycles. The first-order valence-electron chi connectivity index (χ1n) is 21.5. The Kier molecular flexibility index (Phi) is 12.6. The van der Waals surface area contributed by atoms with Crippen LogP contribution in [0, 0.1) is 0 Å². The fourth-order valence-corrected chi connectivity index (χ4v) is 8.22. The maximum Gasteiger partial charge on any atom is 0.159 e. The van der Waals surface area contributed by atoms with Gasteiger partial charge in [-0.3, -0.25) is 4.98 Å². The van der Waals surface area contributed by atoms with Crippen LogP contribution < -0.4 is 4.90 Å². The molecule has 65 heavy (non-hydrogen) atoms. The third-order valence-corrected chi connectivity index (χ3v) is 11.8. The Hall–Kier alpha value is -8.41. The summed E-state index contributed by atoms with van der Waals surface area (Å²) in [5.74, 6) is 0.597. The summed E-state index contributed by atoms with van der Waals surface area (Å²) in [6.45, 7) is 31.4. The summed E-state index contributed by atoms with van der Waals surface area (Å²) in [4.78, 5) is 15.6. The molecule has 0 spiro atoms. The predicted molar refractivity (Wildman–Crippen MR) is 276 cm³/mol. The number of allylic oxidation sites excluding steroid dienone is 12.